The molecule has 0 spiro atoms. The SMILES string of the molecule is NC(=O)c1cc(N)ccc1Oc1cc(Br)ccc1Cl. The zero-order valence-corrected chi connectivity index (χ0v) is 12.0. The third kappa shape index (κ3) is 3.19. The number of carbonyl (C=O) groups is 1. The van der Waals surface area contributed by atoms with E-state index < -0.39 is 5.91 Å². The van der Waals surface area contributed by atoms with E-state index in [2.05, 4.69) is 15.9 Å². The van der Waals surface area contributed by atoms with E-state index in [1.54, 1.807) is 30.3 Å². The molecule has 4 nitrogen and oxygen atoms in total. The average molecular weight is 342 g/mol. The highest BCUT2D eigenvalue weighted by atomic mass is 79.9. The maximum Gasteiger partial charge on any atom is 0.252 e. The lowest BCUT2D eigenvalue weighted by Gasteiger charge is -2.11. The summed E-state index contributed by atoms with van der Waals surface area (Å²) in [5.74, 6) is 0.110. The number of carbonyl (C=O) groups excluding carboxylic acids is 1. The fourth-order valence-corrected chi connectivity index (χ4v) is 2.00. The molecule has 2 aromatic rings. The Hall–Kier alpha value is -1.72. The van der Waals surface area contributed by atoms with Gasteiger partial charge in [-0.15, -0.1) is 0 Å². The third-order valence-corrected chi connectivity index (χ3v) is 3.19. The highest BCUT2D eigenvalue weighted by molar-refractivity contribution is 9.10. The number of halogens is 2. The zero-order valence-electron chi connectivity index (χ0n) is 9.69. The molecular weight excluding hydrogens is 332 g/mol. The molecule has 2 rings (SSSR count). The number of benzene rings is 2. The molecule has 0 bridgehead atoms. The number of amides is 1. The lowest BCUT2D eigenvalue weighted by atomic mass is 10.1. The quantitative estimate of drug-likeness (QED) is 0.838. The number of hydrogen-bond donors (Lipinski definition) is 2. The Morgan fingerprint density at radius 1 is 1.16 bits per heavy atom. The van der Waals surface area contributed by atoms with Crippen molar-refractivity contribution >= 4 is 39.1 Å². The Labute approximate surface area is 123 Å². The van der Waals surface area contributed by atoms with Crippen molar-refractivity contribution in [2.45, 2.75) is 0 Å². The predicted molar refractivity (Wildman–Crippen MR) is 78.6 cm³/mol. The van der Waals surface area contributed by atoms with Crippen molar-refractivity contribution in [2.75, 3.05) is 5.73 Å². The van der Waals surface area contributed by atoms with Crippen molar-refractivity contribution in [3.63, 3.8) is 0 Å². The Kier molecular flexibility index (Phi) is 3.97. The minimum atomic E-state index is -0.617. The Bertz CT molecular complexity index is 647. The summed E-state index contributed by atoms with van der Waals surface area (Å²) < 4.78 is 6.43. The number of anilines is 1. The minimum Gasteiger partial charge on any atom is -0.455 e. The second-order valence-corrected chi connectivity index (χ2v) is 5.12. The van der Waals surface area contributed by atoms with Crippen molar-refractivity contribution < 1.29 is 9.53 Å². The molecule has 0 radical (unpaired) electrons. The number of nitrogen functional groups attached to an aromatic ring is 1. The van der Waals surface area contributed by atoms with E-state index in [4.69, 9.17) is 27.8 Å². The van der Waals surface area contributed by atoms with E-state index in [-0.39, 0.29) is 5.56 Å². The van der Waals surface area contributed by atoms with E-state index in [0.29, 0.717) is 22.2 Å². The summed E-state index contributed by atoms with van der Waals surface area (Å²) in [6.45, 7) is 0. The number of primary amides is 1. The fraction of sp³-hybridized carbons (Fsp3) is 0. The first-order valence-corrected chi connectivity index (χ1v) is 6.46. The lowest BCUT2D eigenvalue weighted by Crippen LogP contribution is -2.12. The van der Waals surface area contributed by atoms with Gasteiger partial charge in [0, 0.05) is 10.2 Å². The largest absolute Gasteiger partial charge is 0.455 e. The standard InChI is InChI=1S/C13H10BrClN2O2/c14-7-1-3-10(15)12(5-7)19-11-4-2-8(16)6-9(11)13(17)18/h1-6H,16H2,(H2,17,18). The Balaban J connectivity index is 2.43. The van der Waals surface area contributed by atoms with Gasteiger partial charge in [0.2, 0.25) is 0 Å². The Morgan fingerprint density at radius 3 is 2.58 bits per heavy atom. The summed E-state index contributed by atoms with van der Waals surface area (Å²) in [7, 11) is 0. The van der Waals surface area contributed by atoms with Crippen LogP contribution in [0.25, 0.3) is 0 Å². The van der Waals surface area contributed by atoms with Crippen LogP contribution in [0.3, 0.4) is 0 Å². The summed E-state index contributed by atoms with van der Waals surface area (Å²) in [6.07, 6.45) is 0. The van der Waals surface area contributed by atoms with Gasteiger partial charge in [-0.25, -0.2) is 0 Å². The molecule has 98 valence electrons. The van der Waals surface area contributed by atoms with Crippen LogP contribution in [0.1, 0.15) is 10.4 Å². The van der Waals surface area contributed by atoms with Crippen LogP contribution in [0.4, 0.5) is 5.69 Å². The second-order valence-electron chi connectivity index (χ2n) is 3.80. The average Bonchev–Trinajstić information content (AvgIpc) is 2.35. The van der Waals surface area contributed by atoms with Gasteiger partial charge >= 0.3 is 0 Å². The normalized spacial score (nSPS) is 10.2. The van der Waals surface area contributed by atoms with Crippen molar-refractivity contribution in [1.82, 2.24) is 0 Å². The molecule has 1 amide bonds. The van der Waals surface area contributed by atoms with E-state index in [1.165, 1.54) is 6.07 Å². The molecule has 0 saturated carbocycles. The molecule has 0 heterocycles. The van der Waals surface area contributed by atoms with Crippen LogP contribution in [0, 0.1) is 0 Å². The maximum atomic E-state index is 11.4. The van der Waals surface area contributed by atoms with E-state index in [1.807, 2.05) is 0 Å². The number of rotatable bonds is 3. The smallest absolute Gasteiger partial charge is 0.252 e. The zero-order chi connectivity index (χ0) is 14.0. The summed E-state index contributed by atoms with van der Waals surface area (Å²) in [6, 6.07) is 9.82. The molecule has 0 aliphatic carbocycles. The van der Waals surface area contributed by atoms with E-state index in [9.17, 15) is 4.79 Å². The third-order valence-electron chi connectivity index (χ3n) is 2.38. The molecule has 0 aliphatic rings. The molecule has 0 atom stereocenters. The van der Waals surface area contributed by atoms with Crippen molar-refractivity contribution in [2.24, 2.45) is 5.73 Å². The number of nitrogens with two attached hydrogens (primary N) is 2. The van der Waals surface area contributed by atoms with Gasteiger partial charge < -0.3 is 16.2 Å². The lowest BCUT2D eigenvalue weighted by molar-refractivity contribution is 0.0998. The van der Waals surface area contributed by atoms with Gasteiger partial charge in [-0.1, -0.05) is 27.5 Å². The van der Waals surface area contributed by atoms with Gasteiger partial charge in [-0.2, -0.15) is 0 Å². The van der Waals surface area contributed by atoms with Gasteiger partial charge in [0.1, 0.15) is 11.5 Å². The van der Waals surface area contributed by atoms with Crippen LogP contribution < -0.4 is 16.2 Å². The van der Waals surface area contributed by atoms with Crippen molar-refractivity contribution in [1.29, 1.82) is 0 Å². The van der Waals surface area contributed by atoms with Crippen LogP contribution in [0.5, 0.6) is 11.5 Å². The van der Waals surface area contributed by atoms with Gasteiger partial charge in [0.15, 0.2) is 0 Å². The van der Waals surface area contributed by atoms with Gasteiger partial charge in [-0.05, 0) is 36.4 Å². The van der Waals surface area contributed by atoms with Crippen LogP contribution >= 0.6 is 27.5 Å². The highest BCUT2D eigenvalue weighted by Gasteiger charge is 2.12. The highest BCUT2D eigenvalue weighted by Crippen LogP contribution is 2.33. The second kappa shape index (κ2) is 5.50. The minimum absolute atomic E-state index is 0.205. The molecule has 0 saturated heterocycles. The summed E-state index contributed by atoms with van der Waals surface area (Å²) in [5.41, 5.74) is 11.5. The first kappa shape index (κ1) is 13.7. The fourth-order valence-electron chi connectivity index (χ4n) is 1.50. The first-order valence-electron chi connectivity index (χ1n) is 5.29. The molecule has 0 aliphatic heterocycles. The van der Waals surface area contributed by atoms with Crippen molar-refractivity contribution in [3.8, 4) is 11.5 Å². The topological polar surface area (TPSA) is 78.3 Å². The number of ether oxygens (including phenoxy) is 1. The van der Waals surface area contributed by atoms with E-state index in [0.717, 1.165) is 4.47 Å². The molecule has 0 fully saturated rings. The van der Waals surface area contributed by atoms with E-state index >= 15 is 0 Å². The molecule has 4 N–H and O–H groups in total. The van der Waals surface area contributed by atoms with Gasteiger partial charge in [0.25, 0.3) is 5.91 Å². The van der Waals surface area contributed by atoms with Gasteiger partial charge in [-0.3, -0.25) is 4.79 Å². The summed E-state index contributed by atoms with van der Waals surface area (Å²) in [4.78, 5) is 11.4. The van der Waals surface area contributed by atoms with Crippen LogP contribution in [-0.2, 0) is 0 Å². The first-order chi connectivity index (χ1) is 8.97. The van der Waals surface area contributed by atoms with Crippen LogP contribution in [0.2, 0.25) is 5.02 Å². The molecule has 6 heteroatoms. The maximum absolute atomic E-state index is 11.4. The molecule has 0 aromatic heterocycles. The molecule has 19 heavy (non-hydrogen) atoms. The molecule has 2 aromatic carbocycles. The molecular formula is C13H10BrClN2O2. The van der Waals surface area contributed by atoms with Crippen LogP contribution in [-0.4, -0.2) is 5.91 Å². The monoisotopic (exact) mass is 340 g/mol. The predicted octanol–water partition coefficient (Wildman–Crippen LogP) is 3.58. The summed E-state index contributed by atoms with van der Waals surface area (Å²) in [5, 5.41) is 0.426. The summed E-state index contributed by atoms with van der Waals surface area (Å²) >= 11 is 9.34. The Morgan fingerprint density at radius 2 is 1.89 bits per heavy atom. The van der Waals surface area contributed by atoms with Crippen LogP contribution in [0.15, 0.2) is 40.9 Å². The molecule has 0 unspecified atom stereocenters. The number of hydrogen-bond acceptors (Lipinski definition) is 3. The van der Waals surface area contributed by atoms with Crippen molar-refractivity contribution in [3.05, 3.63) is 51.5 Å². The van der Waals surface area contributed by atoms with Gasteiger partial charge in [0.05, 0.1) is 10.6 Å².